The standard InChI is InChI=1S/C14H26O4/c1-4-14(5-2,13(17)18)10-11(3)8-6-7-9-12(15)16/h11H,4-10H2,1-3H3,(H,15,16)(H,17,18). The summed E-state index contributed by atoms with van der Waals surface area (Å²) in [5.41, 5.74) is -0.605. The van der Waals surface area contributed by atoms with E-state index in [0.29, 0.717) is 31.6 Å². The second kappa shape index (κ2) is 8.11. The highest BCUT2D eigenvalue weighted by Gasteiger charge is 2.35. The van der Waals surface area contributed by atoms with Crippen molar-refractivity contribution in [2.45, 2.75) is 65.7 Å². The summed E-state index contributed by atoms with van der Waals surface area (Å²) in [6.45, 7) is 5.91. The minimum atomic E-state index is -0.760. The van der Waals surface area contributed by atoms with Gasteiger partial charge in [-0.05, 0) is 31.6 Å². The molecule has 0 rings (SSSR count). The Bertz CT molecular complexity index is 269. The van der Waals surface area contributed by atoms with E-state index in [9.17, 15) is 14.7 Å². The van der Waals surface area contributed by atoms with Gasteiger partial charge in [-0.25, -0.2) is 0 Å². The lowest BCUT2D eigenvalue weighted by Gasteiger charge is -2.29. The summed E-state index contributed by atoms with van der Waals surface area (Å²) in [7, 11) is 0. The molecule has 0 fully saturated rings. The molecule has 0 radical (unpaired) electrons. The van der Waals surface area contributed by atoms with Gasteiger partial charge >= 0.3 is 11.9 Å². The van der Waals surface area contributed by atoms with Crippen molar-refractivity contribution in [3.05, 3.63) is 0 Å². The summed E-state index contributed by atoms with van der Waals surface area (Å²) >= 11 is 0. The topological polar surface area (TPSA) is 74.6 Å². The highest BCUT2D eigenvalue weighted by Crippen LogP contribution is 2.35. The molecule has 18 heavy (non-hydrogen) atoms. The molecule has 0 saturated carbocycles. The first kappa shape index (κ1) is 16.9. The first-order chi connectivity index (χ1) is 8.38. The number of carboxylic acid groups (broad SMARTS) is 2. The van der Waals surface area contributed by atoms with Crippen molar-refractivity contribution in [2.75, 3.05) is 0 Å². The molecule has 2 N–H and O–H groups in total. The predicted molar refractivity (Wildman–Crippen MR) is 70.5 cm³/mol. The van der Waals surface area contributed by atoms with Gasteiger partial charge in [0.1, 0.15) is 0 Å². The maximum Gasteiger partial charge on any atom is 0.309 e. The Kier molecular flexibility index (Phi) is 7.64. The monoisotopic (exact) mass is 258 g/mol. The van der Waals surface area contributed by atoms with Crippen molar-refractivity contribution in [3.63, 3.8) is 0 Å². The molecule has 4 heteroatoms. The Morgan fingerprint density at radius 1 is 1.11 bits per heavy atom. The zero-order valence-electron chi connectivity index (χ0n) is 11.7. The molecule has 0 amide bonds. The molecule has 0 aliphatic heterocycles. The van der Waals surface area contributed by atoms with Crippen molar-refractivity contribution < 1.29 is 19.8 Å². The number of carboxylic acids is 2. The molecule has 0 aliphatic carbocycles. The Morgan fingerprint density at radius 2 is 1.67 bits per heavy atom. The van der Waals surface area contributed by atoms with Crippen molar-refractivity contribution in [1.29, 1.82) is 0 Å². The van der Waals surface area contributed by atoms with Crippen LogP contribution in [0.3, 0.4) is 0 Å². The van der Waals surface area contributed by atoms with E-state index in [2.05, 4.69) is 6.92 Å². The van der Waals surface area contributed by atoms with Gasteiger partial charge < -0.3 is 10.2 Å². The molecule has 0 aromatic heterocycles. The fourth-order valence-corrected chi connectivity index (χ4v) is 2.47. The maximum absolute atomic E-state index is 11.4. The number of aliphatic carboxylic acids is 2. The molecule has 106 valence electrons. The van der Waals surface area contributed by atoms with Crippen LogP contribution in [0.25, 0.3) is 0 Å². The summed E-state index contributed by atoms with van der Waals surface area (Å²) in [4.78, 5) is 21.7. The minimum Gasteiger partial charge on any atom is -0.481 e. The highest BCUT2D eigenvalue weighted by molar-refractivity contribution is 5.74. The summed E-state index contributed by atoms with van der Waals surface area (Å²) < 4.78 is 0. The summed E-state index contributed by atoms with van der Waals surface area (Å²) in [6, 6.07) is 0. The molecule has 4 nitrogen and oxygen atoms in total. The van der Waals surface area contributed by atoms with Crippen LogP contribution in [0.2, 0.25) is 0 Å². The Morgan fingerprint density at radius 3 is 2.06 bits per heavy atom. The molecule has 0 spiro atoms. The SMILES string of the molecule is CCC(CC)(CC(C)CCCCC(=O)O)C(=O)O. The third-order valence-electron chi connectivity index (χ3n) is 3.88. The lowest BCUT2D eigenvalue weighted by atomic mass is 9.74. The van der Waals surface area contributed by atoms with E-state index < -0.39 is 17.4 Å². The lowest BCUT2D eigenvalue weighted by molar-refractivity contribution is -0.150. The van der Waals surface area contributed by atoms with Gasteiger partial charge in [0.2, 0.25) is 0 Å². The van der Waals surface area contributed by atoms with Crippen molar-refractivity contribution >= 4 is 11.9 Å². The smallest absolute Gasteiger partial charge is 0.309 e. The number of hydrogen-bond acceptors (Lipinski definition) is 2. The van der Waals surface area contributed by atoms with Gasteiger partial charge in [-0.1, -0.05) is 33.6 Å². The van der Waals surface area contributed by atoms with E-state index in [-0.39, 0.29) is 6.42 Å². The van der Waals surface area contributed by atoms with Gasteiger partial charge in [0.25, 0.3) is 0 Å². The first-order valence-corrected chi connectivity index (χ1v) is 6.83. The van der Waals surface area contributed by atoms with Gasteiger partial charge in [0, 0.05) is 6.42 Å². The van der Waals surface area contributed by atoms with Gasteiger partial charge in [0.15, 0.2) is 0 Å². The van der Waals surface area contributed by atoms with Crippen LogP contribution in [-0.2, 0) is 9.59 Å². The zero-order valence-corrected chi connectivity index (χ0v) is 11.7. The van der Waals surface area contributed by atoms with Crippen LogP contribution in [0.15, 0.2) is 0 Å². The van der Waals surface area contributed by atoms with Gasteiger partial charge in [0.05, 0.1) is 5.41 Å². The van der Waals surface area contributed by atoms with Crippen LogP contribution in [-0.4, -0.2) is 22.2 Å². The predicted octanol–water partition coefficient (Wildman–Crippen LogP) is 3.55. The van der Waals surface area contributed by atoms with Gasteiger partial charge in [-0.15, -0.1) is 0 Å². The molecular formula is C14H26O4. The van der Waals surface area contributed by atoms with Crippen molar-refractivity contribution in [2.24, 2.45) is 11.3 Å². The normalized spacial score (nSPS) is 13.3. The number of unbranched alkanes of at least 4 members (excludes halogenated alkanes) is 1. The van der Waals surface area contributed by atoms with E-state index in [4.69, 9.17) is 5.11 Å². The fraction of sp³-hybridized carbons (Fsp3) is 0.857. The van der Waals surface area contributed by atoms with Crippen LogP contribution >= 0.6 is 0 Å². The third kappa shape index (κ3) is 5.52. The average molecular weight is 258 g/mol. The van der Waals surface area contributed by atoms with Crippen LogP contribution in [0, 0.1) is 11.3 Å². The molecule has 0 bridgehead atoms. The number of rotatable bonds is 10. The van der Waals surface area contributed by atoms with Crippen LogP contribution in [0.5, 0.6) is 0 Å². The maximum atomic E-state index is 11.4. The van der Waals surface area contributed by atoms with Crippen molar-refractivity contribution in [3.8, 4) is 0 Å². The Hall–Kier alpha value is -1.06. The molecule has 1 unspecified atom stereocenters. The van der Waals surface area contributed by atoms with Gasteiger partial charge in [-0.3, -0.25) is 9.59 Å². The fourth-order valence-electron chi connectivity index (χ4n) is 2.47. The minimum absolute atomic E-state index is 0.207. The van der Waals surface area contributed by atoms with Crippen LogP contribution < -0.4 is 0 Å². The molecule has 1 atom stereocenters. The molecule has 0 heterocycles. The summed E-state index contributed by atoms with van der Waals surface area (Å²) in [5, 5.41) is 17.9. The first-order valence-electron chi connectivity index (χ1n) is 6.83. The van der Waals surface area contributed by atoms with Gasteiger partial charge in [-0.2, -0.15) is 0 Å². The second-order valence-corrected chi connectivity index (χ2v) is 5.24. The molecule has 0 aliphatic rings. The lowest BCUT2D eigenvalue weighted by Crippen LogP contribution is -2.31. The zero-order chi connectivity index (χ0) is 14.2. The van der Waals surface area contributed by atoms with Crippen molar-refractivity contribution in [1.82, 2.24) is 0 Å². The van der Waals surface area contributed by atoms with E-state index >= 15 is 0 Å². The quantitative estimate of drug-likeness (QED) is 0.588. The number of hydrogen-bond donors (Lipinski definition) is 2. The average Bonchev–Trinajstić information content (AvgIpc) is 2.31. The van der Waals surface area contributed by atoms with E-state index in [0.717, 1.165) is 12.8 Å². The number of carbonyl (C=O) groups is 2. The second-order valence-electron chi connectivity index (χ2n) is 5.24. The third-order valence-corrected chi connectivity index (χ3v) is 3.88. The van der Waals surface area contributed by atoms with Crippen LogP contribution in [0.1, 0.15) is 65.7 Å². The molecule has 0 saturated heterocycles. The van der Waals surface area contributed by atoms with E-state index in [1.807, 2.05) is 13.8 Å². The molecule has 0 aromatic rings. The molecule has 0 aromatic carbocycles. The summed E-state index contributed by atoms with van der Waals surface area (Å²) in [5.74, 6) is -1.13. The molecular weight excluding hydrogens is 232 g/mol. The van der Waals surface area contributed by atoms with Crippen LogP contribution in [0.4, 0.5) is 0 Å². The Labute approximate surface area is 109 Å². The van der Waals surface area contributed by atoms with E-state index in [1.54, 1.807) is 0 Å². The summed E-state index contributed by atoms with van der Waals surface area (Å²) in [6.07, 6.45) is 4.63. The van der Waals surface area contributed by atoms with E-state index in [1.165, 1.54) is 0 Å². The Balaban J connectivity index is 4.15. The highest BCUT2D eigenvalue weighted by atomic mass is 16.4. The largest absolute Gasteiger partial charge is 0.481 e.